The van der Waals surface area contributed by atoms with E-state index in [4.69, 9.17) is 23.2 Å². The van der Waals surface area contributed by atoms with Gasteiger partial charge in [0.1, 0.15) is 0 Å². The van der Waals surface area contributed by atoms with Crippen molar-refractivity contribution in [3.63, 3.8) is 0 Å². The summed E-state index contributed by atoms with van der Waals surface area (Å²) in [6.45, 7) is 0.836. The summed E-state index contributed by atoms with van der Waals surface area (Å²) in [5.74, 6) is 0.516. The zero-order valence-corrected chi connectivity index (χ0v) is 11.2. The highest BCUT2D eigenvalue weighted by Crippen LogP contribution is 2.42. The summed E-state index contributed by atoms with van der Waals surface area (Å²) in [6, 6.07) is 0. The molecule has 1 fully saturated rings. The van der Waals surface area contributed by atoms with Crippen LogP contribution in [0.2, 0.25) is 10.4 Å². The highest BCUT2D eigenvalue weighted by atomic mass is 35.5. The van der Waals surface area contributed by atoms with Gasteiger partial charge in [0, 0.05) is 11.3 Å². The minimum absolute atomic E-state index is 0.110. The monoisotopic (exact) mass is 278 g/mol. The number of halogens is 2. The molecule has 0 bridgehead atoms. The average Bonchev–Trinajstić information content (AvgIpc) is 2.22. The number of thioether (sulfide) groups is 1. The number of anilines is 1. The summed E-state index contributed by atoms with van der Waals surface area (Å²) < 4.78 is 0.320. The fourth-order valence-electron chi connectivity index (χ4n) is 1.67. The van der Waals surface area contributed by atoms with Gasteiger partial charge in [-0.15, -0.1) is 10.2 Å². The van der Waals surface area contributed by atoms with Crippen LogP contribution in [0.4, 0.5) is 5.82 Å². The highest BCUT2D eigenvalue weighted by molar-refractivity contribution is 8.00. The number of hydrogen-bond acceptors (Lipinski definition) is 5. The molecule has 0 saturated heterocycles. The van der Waals surface area contributed by atoms with Gasteiger partial charge in [-0.2, -0.15) is 16.7 Å². The molecule has 0 aromatic carbocycles. The molecule has 7 heteroatoms. The van der Waals surface area contributed by atoms with E-state index in [-0.39, 0.29) is 10.4 Å². The van der Waals surface area contributed by atoms with Gasteiger partial charge < -0.3 is 5.32 Å². The summed E-state index contributed by atoms with van der Waals surface area (Å²) in [7, 11) is 0. The molecule has 0 spiro atoms. The van der Waals surface area contributed by atoms with Crippen molar-refractivity contribution in [1.29, 1.82) is 0 Å². The maximum Gasteiger partial charge on any atom is 0.245 e. The van der Waals surface area contributed by atoms with Crippen molar-refractivity contribution in [2.75, 3.05) is 18.1 Å². The second-order valence-electron chi connectivity index (χ2n) is 3.81. The maximum atomic E-state index is 5.87. The van der Waals surface area contributed by atoms with Crippen molar-refractivity contribution in [3.8, 4) is 0 Å². The van der Waals surface area contributed by atoms with Crippen molar-refractivity contribution in [1.82, 2.24) is 15.2 Å². The zero-order chi connectivity index (χ0) is 11.6. The molecule has 0 unspecified atom stereocenters. The largest absolute Gasteiger partial charge is 0.366 e. The van der Waals surface area contributed by atoms with Gasteiger partial charge in [-0.25, -0.2) is 0 Å². The predicted molar refractivity (Wildman–Crippen MR) is 68.4 cm³/mol. The van der Waals surface area contributed by atoms with Crippen LogP contribution in [0.3, 0.4) is 0 Å². The number of nitrogens with one attached hydrogen (secondary N) is 1. The number of aromatic nitrogens is 3. The van der Waals surface area contributed by atoms with Crippen LogP contribution in [0.5, 0.6) is 0 Å². The molecular weight excluding hydrogens is 267 g/mol. The number of hydrogen-bond donors (Lipinski definition) is 1. The van der Waals surface area contributed by atoms with Gasteiger partial charge in [0.15, 0.2) is 11.0 Å². The summed E-state index contributed by atoms with van der Waals surface area (Å²) in [4.78, 5) is 4.01. The first-order valence-corrected chi connectivity index (χ1v) is 6.98. The molecule has 0 amide bonds. The van der Waals surface area contributed by atoms with E-state index in [0.717, 1.165) is 6.54 Å². The molecule has 4 nitrogen and oxygen atoms in total. The van der Waals surface area contributed by atoms with E-state index in [0.29, 0.717) is 10.6 Å². The minimum atomic E-state index is 0.110. The second kappa shape index (κ2) is 4.94. The molecule has 0 aliphatic heterocycles. The van der Waals surface area contributed by atoms with E-state index in [1.54, 1.807) is 0 Å². The Kier molecular flexibility index (Phi) is 3.77. The third kappa shape index (κ3) is 2.52. The van der Waals surface area contributed by atoms with Crippen LogP contribution in [-0.2, 0) is 0 Å². The standard InChI is InChI=1S/C9H12Cl2N4S/c1-16-9(3-2-4-9)5-12-7-6(10)14-15-8(11)13-7/h2-5H2,1H3,(H,12,13,15). The van der Waals surface area contributed by atoms with Crippen molar-refractivity contribution in [2.24, 2.45) is 0 Å². The Balaban J connectivity index is 2.01. The lowest BCUT2D eigenvalue weighted by atomic mass is 9.84. The lowest BCUT2D eigenvalue weighted by Gasteiger charge is -2.40. The van der Waals surface area contributed by atoms with Crippen LogP contribution in [0, 0.1) is 0 Å². The lowest BCUT2D eigenvalue weighted by Crippen LogP contribution is -2.40. The van der Waals surface area contributed by atoms with Gasteiger partial charge in [0.25, 0.3) is 0 Å². The molecule has 1 aliphatic carbocycles. The molecule has 0 atom stereocenters. The molecule has 1 N–H and O–H groups in total. The van der Waals surface area contributed by atoms with Crippen LogP contribution in [0.25, 0.3) is 0 Å². The average molecular weight is 279 g/mol. The van der Waals surface area contributed by atoms with Crippen molar-refractivity contribution < 1.29 is 0 Å². The third-order valence-electron chi connectivity index (χ3n) is 2.90. The molecule has 2 rings (SSSR count). The Morgan fingerprint density at radius 3 is 2.69 bits per heavy atom. The highest BCUT2D eigenvalue weighted by Gasteiger charge is 2.36. The lowest BCUT2D eigenvalue weighted by molar-refractivity contribution is 0.379. The van der Waals surface area contributed by atoms with Crippen molar-refractivity contribution >= 4 is 40.8 Å². The molecular formula is C9H12Cl2N4S. The smallest absolute Gasteiger partial charge is 0.245 e. The van der Waals surface area contributed by atoms with Crippen molar-refractivity contribution in [3.05, 3.63) is 10.4 Å². The SMILES string of the molecule is CSC1(CNc2nc(Cl)nnc2Cl)CCC1. The topological polar surface area (TPSA) is 50.7 Å². The molecule has 1 saturated carbocycles. The molecule has 1 aliphatic rings. The summed E-state index contributed by atoms with van der Waals surface area (Å²) in [6.07, 6.45) is 5.88. The Hall–Kier alpha value is -0.260. The summed E-state index contributed by atoms with van der Waals surface area (Å²) >= 11 is 13.4. The van der Waals surface area contributed by atoms with Crippen LogP contribution < -0.4 is 5.32 Å². The minimum Gasteiger partial charge on any atom is -0.366 e. The van der Waals surface area contributed by atoms with Crippen molar-refractivity contribution in [2.45, 2.75) is 24.0 Å². The molecule has 16 heavy (non-hydrogen) atoms. The van der Waals surface area contributed by atoms with Crippen LogP contribution in [0.15, 0.2) is 0 Å². The van der Waals surface area contributed by atoms with Gasteiger partial charge in [-0.05, 0) is 30.7 Å². The predicted octanol–water partition coefficient (Wildman–Crippen LogP) is 2.88. The van der Waals surface area contributed by atoms with Crippen LogP contribution in [-0.4, -0.2) is 32.7 Å². The molecule has 88 valence electrons. The molecule has 1 aromatic heterocycles. The zero-order valence-electron chi connectivity index (χ0n) is 8.83. The normalized spacial score (nSPS) is 17.9. The van der Waals surface area contributed by atoms with Gasteiger partial charge >= 0.3 is 0 Å². The van der Waals surface area contributed by atoms with Gasteiger partial charge in [0.2, 0.25) is 5.28 Å². The van der Waals surface area contributed by atoms with E-state index in [2.05, 4.69) is 26.8 Å². The number of rotatable bonds is 4. The summed E-state index contributed by atoms with van der Waals surface area (Å²) in [5.41, 5.74) is 0. The molecule has 1 aromatic rings. The Morgan fingerprint density at radius 2 is 2.12 bits per heavy atom. The first kappa shape index (κ1) is 12.2. The molecule has 0 radical (unpaired) electrons. The van der Waals surface area contributed by atoms with E-state index in [1.165, 1.54) is 19.3 Å². The quantitative estimate of drug-likeness (QED) is 0.918. The number of nitrogens with zero attached hydrogens (tertiary/aromatic N) is 3. The van der Waals surface area contributed by atoms with Gasteiger partial charge in [-0.3, -0.25) is 0 Å². The maximum absolute atomic E-state index is 5.87. The Bertz CT molecular complexity index is 378. The second-order valence-corrected chi connectivity index (χ2v) is 5.78. The third-order valence-corrected chi connectivity index (χ3v) is 4.73. The summed E-state index contributed by atoms with van der Waals surface area (Å²) in [5, 5.41) is 10.8. The fourth-order valence-corrected chi connectivity index (χ4v) is 2.86. The Labute approximate surface area is 109 Å². The van der Waals surface area contributed by atoms with Gasteiger partial charge in [0.05, 0.1) is 0 Å². The van der Waals surface area contributed by atoms with E-state index < -0.39 is 0 Å². The molecule has 1 heterocycles. The van der Waals surface area contributed by atoms with Gasteiger partial charge in [-0.1, -0.05) is 18.0 Å². The fraction of sp³-hybridized carbons (Fsp3) is 0.667. The van der Waals surface area contributed by atoms with E-state index in [1.807, 2.05) is 11.8 Å². The van der Waals surface area contributed by atoms with Crippen LogP contribution in [0.1, 0.15) is 19.3 Å². The van der Waals surface area contributed by atoms with E-state index in [9.17, 15) is 0 Å². The first-order chi connectivity index (χ1) is 7.65. The van der Waals surface area contributed by atoms with E-state index >= 15 is 0 Å². The first-order valence-electron chi connectivity index (χ1n) is 5.00. The van der Waals surface area contributed by atoms with Crippen LogP contribution >= 0.6 is 35.0 Å². The Morgan fingerprint density at radius 1 is 1.38 bits per heavy atom.